The second-order valence-electron chi connectivity index (χ2n) is 8.93. The zero-order chi connectivity index (χ0) is 25.6. The summed E-state index contributed by atoms with van der Waals surface area (Å²) >= 11 is 1.51. The number of fused-ring (bicyclic) bond motifs is 1. The zero-order valence-electron chi connectivity index (χ0n) is 20.4. The Labute approximate surface area is 219 Å². The third-order valence-corrected chi connectivity index (χ3v) is 7.31. The fraction of sp³-hybridized carbons (Fsp3) is 0.250. The van der Waals surface area contributed by atoms with Crippen molar-refractivity contribution in [3.63, 3.8) is 0 Å². The molecule has 0 atom stereocenters. The first-order valence-corrected chi connectivity index (χ1v) is 13.2. The zero-order valence-corrected chi connectivity index (χ0v) is 21.2. The second-order valence-corrected chi connectivity index (χ2v) is 9.84. The molecule has 4 aromatic rings. The number of benzene rings is 2. The van der Waals surface area contributed by atoms with Crippen molar-refractivity contribution >= 4 is 50.5 Å². The molecule has 8 nitrogen and oxygen atoms in total. The van der Waals surface area contributed by atoms with Crippen LogP contribution in [-0.2, 0) is 4.79 Å². The average Bonchev–Trinajstić information content (AvgIpc) is 3.39. The van der Waals surface area contributed by atoms with Crippen LogP contribution in [0, 0.1) is 5.92 Å². The van der Waals surface area contributed by atoms with Gasteiger partial charge in [-0.25, -0.2) is 4.98 Å². The molecule has 2 aromatic carbocycles. The third-order valence-electron chi connectivity index (χ3n) is 6.41. The van der Waals surface area contributed by atoms with Crippen molar-refractivity contribution in [3.8, 4) is 11.6 Å². The molecule has 3 N–H and O–H groups in total. The van der Waals surface area contributed by atoms with Crippen molar-refractivity contribution in [2.24, 2.45) is 5.92 Å². The van der Waals surface area contributed by atoms with Gasteiger partial charge in [0.15, 0.2) is 0 Å². The van der Waals surface area contributed by atoms with E-state index in [0.29, 0.717) is 29.2 Å². The maximum atomic E-state index is 11.6. The number of carbonyl (C=O) groups is 1. The number of ether oxygens (including phenoxy) is 1. The number of nitrogens with one attached hydrogen (secondary N) is 2. The van der Waals surface area contributed by atoms with Crippen LogP contribution in [0.2, 0.25) is 0 Å². The molecule has 37 heavy (non-hydrogen) atoms. The lowest BCUT2D eigenvalue weighted by Crippen LogP contribution is -2.33. The first kappa shape index (κ1) is 24.7. The number of piperidine rings is 1. The van der Waals surface area contributed by atoms with Crippen molar-refractivity contribution < 1.29 is 14.6 Å². The van der Waals surface area contributed by atoms with Gasteiger partial charge in [0.25, 0.3) is 0 Å². The number of carbonyl (C=O) groups excluding carboxylic acids is 1. The Morgan fingerprint density at radius 2 is 1.95 bits per heavy atom. The minimum atomic E-state index is -0.288. The minimum absolute atomic E-state index is 0.275. The second kappa shape index (κ2) is 11.4. The molecule has 0 spiro atoms. The SMILES string of the molecule is C=CC(=O)Nc1cccc(Oc2nc(Nc3ccc(N4CCC(CCO)CC4)cc3)nc3ccsc23)c1. The molecule has 1 saturated heterocycles. The Hall–Kier alpha value is -3.95. The Balaban J connectivity index is 1.30. The smallest absolute Gasteiger partial charge is 0.247 e. The predicted molar refractivity (Wildman–Crippen MR) is 149 cm³/mol. The van der Waals surface area contributed by atoms with E-state index in [1.165, 1.54) is 23.1 Å². The summed E-state index contributed by atoms with van der Waals surface area (Å²) in [5.74, 6) is 1.76. The van der Waals surface area contributed by atoms with Gasteiger partial charge in [0.2, 0.25) is 17.7 Å². The van der Waals surface area contributed by atoms with Crippen LogP contribution in [0.3, 0.4) is 0 Å². The molecule has 5 rings (SSSR count). The highest BCUT2D eigenvalue weighted by atomic mass is 32.1. The maximum Gasteiger partial charge on any atom is 0.247 e. The largest absolute Gasteiger partial charge is 0.437 e. The molecule has 190 valence electrons. The van der Waals surface area contributed by atoms with Gasteiger partial charge < -0.3 is 25.4 Å². The van der Waals surface area contributed by atoms with Crippen LogP contribution in [-0.4, -0.2) is 40.7 Å². The molecule has 9 heteroatoms. The van der Waals surface area contributed by atoms with Crippen molar-refractivity contribution in [1.82, 2.24) is 9.97 Å². The van der Waals surface area contributed by atoms with Crippen LogP contribution in [0.25, 0.3) is 10.2 Å². The van der Waals surface area contributed by atoms with Crippen LogP contribution < -0.4 is 20.3 Å². The quantitative estimate of drug-likeness (QED) is 0.237. The van der Waals surface area contributed by atoms with Crippen LogP contribution in [0.1, 0.15) is 19.3 Å². The van der Waals surface area contributed by atoms with Gasteiger partial charge in [0.1, 0.15) is 10.4 Å². The standard InChI is InChI=1S/C28H29N5O3S/c1-2-25(35)29-21-4-3-5-23(18-21)36-27-26-24(13-17-37-26)31-28(32-27)30-20-6-8-22(9-7-20)33-14-10-19(11-15-33)12-16-34/h2-9,13,17-19,34H,1,10-12,14-16H2,(H,29,35)(H,30,31,32). The summed E-state index contributed by atoms with van der Waals surface area (Å²) in [6.07, 6.45) is 4.34. The van der Waals surface area contributed by atoms with Gasteiger partial charge in [-0.2, -0.15) is 4.98 Å². The molecule has 1 amide bonds. The number of aromatic nitrogens is 2. The fourth-order valence-electron chi connectivity index (χ4n) is 4.45. The number of hydrogen-bond donors (Lipinski definition) is 3. The minimum Gasteiger partial charge on any atom is -0.437 e. The summed E-state index contributed by atoms with van der Waals surface area (Å²) in [5, 5.41) is 17.2. The maximum absolute atomic E-state index is 11.6. The number of hydrogen-bond acceptors (Lipinski definition) is 8. The average molecular weight is 516 g/mol. The van der Waals surface area contributed by atoms with Gasteiger partial charge in [-0.15, -0.1) is 11.3 Å². The van der Waals surface area contributed by atoms with Gasteiger partial charge in [-0.05, 0) is 79.1 Å². The summed E-state index contributed by atoms with van der Waals surface area (Å²) in [5.41, 5.74) is 3.47. The van der Waals surface area contributed by atoms with E-state index in [2.05, 4.69) is 44.2 Å². The number of rotatable bonds is 9. The molecule has 0 aliphatic carbocycles. The lowest BCUT2D eigenvalue weighted by molar-refractivity contribution is -0.111. The molecule has 3 heterocycles. The van der Waals surface area contributed by atoms with Crippen LogP contribution in [0.4, 0.5) is 23.0 Å². The van der Waals surface area contributed by atoms with Crippen LogP contribution in [0.15, 0.2) is 72.6 Å². The third kappa shape index (κ3) is 6.07. The van der Waals surface area contributed by atoms with Crippen LogP contribution in [0.5, 0.6) is 11.6 Å². The van der Waals surface area contributed by atoms with Crippen molar-refractivity contribution in [2.45, 2.75) is 19.3 Å². The van der Waals surface area contributed by atoms with Crippen LogP contribution >= 0.6 is 11.3 Å². The molecular formula is C28H29N5O3S. The number of nitrogens with zero attached hydrogens (tertiary/aromatic N) is 3. The first-order valence-electron chi connectivity index (χ1n) is 12.3. The van der Waals surface area contributed by atoms with Gasteiger partial charge in [-0.1, -0.05) is 12.6 Å². The highest BCUT2D eigenvalue weighted by molar-refractivity contribution is 7.17. The van der Waals surface area contributed by atoms with Gasteiger partial charge >= 0.3 is 0 Å². The number of aliphatic hydroxyl groups is 1. The molecule has 0 saturated carbocycles. The molecule has 1 aliphatic rings. The number of thiophene rings is 1. The van der Waals surface area contributed by atoms with Crippen molar-refractivity contribution in [1.29, 1.82) is 0 Å². The lowest BCUT2D eigenvalue weighted by Gasteiger charge is -2.33. The fourth-order valence-corrected chi connectivity index (χ4v) is 5.21. The van der Waals surface area contributed by atoms with E-state index >= 15 is 0 Å². The summed E-state index contributed by atoms with van der Waals surface area (Å²) in [6, 6.07) is 17.3. The molecule has 2 aromatic heterocycles. The normalized spacial score (nSPS) is 13.9. The number of anilines is 4. The van der Waals surface area contributed by atoms with E-state index in [4.69, 9.17) is 4.74 Å². The Bertz CT molecular complexity index is 1380. The molecule has 0 unspecified atom stereocenters. The molecule has 1 fully saturated rings. The van der Waals surface area contributed by atoms with E-state index in [1.54, 1.807) is 18.2 Å². The number of amides is 1. The highest BCUT2D eigenvalue weighted by Crippen LogP contribution is 2.34. The summed E-state index contributed by atoms with van der Waals surface area (Å²) < 4.78 is 6.97. The van der Waals surface area contributed by atoms with Gasteiger partial charge in [0.05, 0.1) is 5.52 Å². The van der Waals surface area contributed by atoms with E-state index in [1.807, 2.05) is 29.6 Å². The van der Waals surface area contributed by atoms with E-state index in [-0.39, 0.29) is 12.5 Å². The van der Waals surface area contributed by atoms with Gasteiger partial charge in [0, 0.05) is 42.8 Å². The molecule has 0 bridgehead atoms. The van der Waals surface area contributed by atoms with E-state index in [0.717, 1.165) is 48.3 Å². The topological polar surface area (TPSA) is 99.6 Å². The Kier molecular flexibility index (Phi) is 7.62. The summed E-state index contributed by atoms with van der Waals surface area (Å²) in [6.45, 7) is 5.77. The monoisotopic (exact) mass is 515 g/mol. The predicted octanol–water partition coefficient (Wildman–Crippen LogP) is 5.95. The molecule has 0 radical (unpaired) electrons. The van der Waals surface area contributed by atoms with Crippen molar-refractivity contribution in [2.75, 3.05) is 35.2 Å². The highest BCUT2D eigenvalue weighted by Gasteiger charge is 2.19. The number of aliphatic hydroxyl groups excluding tert-OH is 1. The Morgan fingerprint density at radius 3 is 2.70 bits per heavy atom. The van der Waals surface area contributed by atoms with E-state index in [9.17, 15) is 9.90 Å². The van der Waals surface area contributed by atoms with Crippen molar-refractivity contribution in [3.05, 3.63) is 72.6 Å². The molecular weight excluding hydrogens is 486 g/mol. The lowest BCUT2D eigenvalue weighted by atomic mass is 9.93. The summed E-state index contributed by atoms with van der Waals surface area (Å²) in [7, 11) is 0. The molecule has 1 aliphatic heterocycles. The summed E-state index contributed by atoms with van der Waals surface area (Å²) in [4.78, 5) is 23.3. The van der Waals surface area contributed by atoms with Gasteiger partial charge in [-0.3, -0.25) is 4.79 Å². The first-order chi connectivity index (χ1) is 18.1. The van der Waals surface area contributed by atoms with E-state index < -0.39 is 0 Å². The Morgan fingerprint density at radius 1 is 1.14 bits per heavy atom.